The van der Waals surface area contributed by atoms with E-state index in [1.165, 1.54) is 18.2 Å². The van der Waals surface area contributed by atoms with Crippen molar-refractivity contribution in [3.05, 3.63) is 53.8 Å². The van der Waals surface area contributed by atoms with Gasteiger partial charge in [0.05, 0.1) is 16.3 Å². The second-order valence-corrected chi connectivity index (χ2v) is 5.70. The molecule has 2 aromatic rings. The van der Waals surface area contributed by atoms with Gasteiger partial charge in [0.25, 0.3) is 10.0 Å². The number of sulfonamides is 1. The van der Waals surface area contributed by atoms with Crippen LogP contribution in [0.2, 0.25) is 0 Å². The van der Waals surface area contributed by atoms with Gasteiger partial charge in [-0.1, -0.05) is 12.0 Å². The molecule has 2 aromatic carbocycles. The lowest BCUT2D eigenvalue weighted by atomic mass is 10.2. The van der Waals surface area contributed by atoms with E-state index in [4.69, 9.17) is 12.2 Å². The van der Waals surface area contributed by atoms with Crippen LogP contribution >= 0.6 is 0 Å². The Bertz CT molecular complexity index is 795. The summed E-state index contributed by atoms with van der Waals surface area (Å²) in [6, 6.07) is 9.63. The summed E-state index contributed by atoms with van der Waals surface area (Å²) in [5.74, 6) is 1.61. The van der Waals surface area contributed by atoms with Gasteiger partial charge in [0.2, 0.25) is 0 Å². The van der Waals surface area contributed by atoms with Crippen molar-refractivity contribution in [3.63, 3.8) is 0 Å². The summed E-state index contributed by atoms with van der Waals surface area (Å²) in [7, 11) is -3.89. The predicted molar refractivity (Wildman–Crippen MR) is 76.0 cm³/mol. The topological polar surface area (TPSA) is 72.2 Å². The third kappa shape index (κ3) is 2.90. The number of benzene rings is 2. The molecule has 0 fully saturated rings. The maximum atomic E-state index is 13.3. The van der Waals surface area contributed by atoms with Gasteiger partial charge < -0.3 is 5.73 Å². The van der Waals surface area contributed by atoms with Crippen molar-refractivity contribution in [2.24, 2.45) is 0 Å². The molecule has 3 N–H and O–H groups in total. The van der Waals surface area contributed by atoms with Crippen LogP contribution in [-0.4, -0.2) is 8.42 Å². The number of hydrogen-bond donors (Lipinski definition) is 2. The lowest BCUT2D eigenvalue weighted by Gasteiger charge is -2.09. The fourth-order valence-electron chi connectivity index (χ4n) is 1.56. The number of nitrogen functional groups attached to an aromatic ring is 1. The van der Waals surface area contributed by atoms with E-state index in [1.807, 2.05) is 0 Å². The van der Waals surface area contributed by atoms with Crippen molar-refractivity contribution in [1.82, 2.24) is 0 Å². The maximum Gasteiger partial charge on any atom is 0.261 e. The van der Waals surface area contributed by atoms with Gasteiger partial charge in [-0.3, -0.25) is 4.72 Å². The van der Waals surface area contributed by atoms with Crippen molar-refractivity contribution < 1.29 is 12.8 Å². The molecule has 0 spiro atoms. The molecule has 0 aromatic heterocycles. The zero-order valence-corrected chi connectivity index (χ0v) is 11.1. The smallest absolute Gasteiger partial charge is 0.261 e. The highest BCUT2D eigenvalue weighted by Gasteiger charge is 2.16. The fourth-order valence-corrected chi connectivity index (χ4v) is 2.62. The predicted octanol–water partition coefficient (Wildman–Crippen LogP) is 2.19. The van der Waals surface area contributed by atoms with E-state index in [1.54, 1.807) is 18.2 Å². The van der Waals surface area contributed by atoms with E-state index in [-0.39, 0.29) is 10.6 Å². The highest BCUT2D eigenvalue weighted by Crippen LogP contribution is 2.20. The molecule has 0 saturated heterocycles. The van der Waals surface area contributed by atoms with Crippen LogP contribution in [0.25, 0.3) is 0 Å². The molecule has 6 heteroatoms. The highest BCUT2D eigenvalue weighted by atomic mass is 32.2. The van der Waals surface area contributed by atoms with Crippen LogP contribution in [0.1, 0.15) is 5.56 Å². The van der Waals surface area contributed by atoms with E-state index in [9.17, 15) is 12.8 Å². The average molecular weight is 290 g/mol. The molecule has 0 bridgehead atoms. The van der Waals surface area contributed by atoms with E-state index in [0.717, 1.165) is 6.07 Å². The van der Waals surface area contributed by atoms with E-state index >= 15 is 0 Å². The monoisotopic (exact) mass is 290 g/mol. The Morgan fingerprint density at radius 2 is 1.95 bits per heavy atom. The van der Waals surface area contributed by atoms with Crippen LogP contribution in [0.5, 0.6) is 0 Å². The summed E-state index contributed by atoms with van der Waals surface area (Å²) in [6.45, 7) is 0. The molecule has 0 aliphatic heterocycles. The Morgan fingerprint density at radius 3 is 2.60 bits per heavy atom. The quantitative estimate of drug-likeness (QED) is 0.672. The van der Waals surface area contributed by atoms with Gasteiger partial charge in [0.15, 0.2) is 0 Å². The van der Waals surface area contributed by atoms with Crippen LogP contribution in [0.3, 0.4) is 0 Å². The lowest BCUT2D eigenvalue weighted by Crippen LogP contribution is -2.13. The fraction of sp³-hybridized carbons (Fsp3) is 0. The van der Waals surface area contributed by atoms with Gasteiger partial charge >= 0.3 is 0 Å². The van der Waals surface area contributed by atoms with Crippen LogP contribution < -0.4 is 10.5 Å². The summed E-state index contributed by atoms with van der Waals surface area (Å²) >= 11 is 0. The first kappa shape index (κ1) is 13.9. The van der Waals surface area contributed by atoms with Crippen molar-refractivity contribution in [1.29, 1.82) is 0 Å². The van der Waals surface area contributed by atoms with Gasteiger partial charge in [-0.2, -0.15) is 0 Å². The van der Waals surface area contributed by atoms with Crippen molar-refractivity contribution >= 4 is 21.4 Å². The second kappa shape index (κ2) is 5.23. The third-order valence-electron chi connectivity index (χ3n) is 2.56. The summed E-state index contributed by atoms with van der Waals surface area (Å²) in [4.78, 5) is -0.213. The van der Waals surface area contributed by atoms with Crippen LogP contribution in [0.4, 0.5) is 15.8 Å². The summed E-state index contributed by atoms with van der Waals surface area (Å²) in [6.07, 6.45) is 5.24. The molecule has 20 heavy (non-hydrogen) atoms. The Balaban J connectivity index is 2.35. The second-order valence-electron chi connectivity index (χ2n) is 4.01. The van der Waals surface area contributed by atoms with Crippen molar-refractivity contribution in [2.75, 3.05) is 10.5 Å². The van der Waals surface area contributed by atoms with Gasteiger partial charge in [0.1, 0.15) is 5.82 Å². The van der Waals surface area contributed by atoms with Gasteiger partial charge in [-0.05, 0) is 36.4 Å². The molecule has 0 amide bonds. The first-order valence-corrected chi connectivity index (χ1v) is 7.05. The number of nitrogens with one attached hydrogen (secondary N) is 1. The molecule has 102 valence electrons. The minimum absolute atomic E-state index is 0.113. The summed E-state index contributed by atoms with van der Waals surface area (Å²) in [5.41, 5.74) is 6.04. The van der Waals surface area contributed by atoms with Crippen LogP contribution in [0.15, 0.2) is 47.4 Å². The van der Waals surface area contributed by atoms with Gasteiger partial charge in [-0.25, -0.2) is 12.8 Å². The Hall–Kier alpha value is -2.52. The van der Waals surface area contributed by atoms with Crippen molar-refractivity contribution in [3.8, 4) is 12.3 Å². The van der Waals surface area contributed by atoms with Crippen molar-refractivity contribution in [2.45, 2.75) is 4.90 Å². The molecule has 4 nitrogen and oxygen atoms in total. The first-order valence-electron chi connectivity index (χ1n) is 5.57. The molecule has 0 aliphatic rings. The standard InChI is InChI=1S/C14H11FN2O2S/c1-2-10-4-3-5-11(8-10)17-20(18,19)12-6-7-14(16)13(15)9-12/h1,3-9,17H,16H2. The number of rotatable bonds is 3. The van der Waals surface area contributed by atoms with E-state index in [0.29, 0.717) is 11.3 Å². The normalized spacial score (nSPS) is 10.8. The number of terminal acetylenes is 1. The first-order chi connectivity index (χ1) is 9.42. The Kier molecular flexibility index (Phi) is 3.63. The molecule has 0 heterocycles. The van der Waals surface area contributed by atoms with E-state index in [2.05, 4.69) is 10.6 Å². The van der Waals surface area contributed by atoms with Gasteiger partial charge in [0, 0.05) is 5.56 Å². The molecular formula is C14H11FN2O2S. The minimum Gasteiger partial charge on any atom is -0.396 e. The minimum atomic E-state index is -3.89. The maximum absolute atomic E-state index is 13.3. The molecule has 0 aliphatic carbocycles. The lowest BCUT2D eigenvalue weighted by molar-refractivity contribution is 0.596. The third-order valence-corrected chi connectivity index (χ3v) is 3.94. The zero-order chi connectivity index (χ0) is 14.8. The van der Waals surface area contributed by atoms with E-state index < -0.39 is 15.8 Å². The highest BCUT2D eigenvalue weighted by molar-refractivity contribution is 7.92. The molecule has 0 radical (unpaired) electrons. The largest absolute Gasteiger partial charge is 0.396 e. The number of anilines is 2. The Morgan fingerprint density at radius 1 is 1.20 bits per heavy atom. The molecule has 2 rings (SSSR count). The average Bonchev–Trinajstić information content (AvgIpc) is 2.41. The van der Waals surface area contributed by atoms with Gasteiger partial charge in [-0.15, -0.1) is 6.42 Å². The molecule has 0 saturated carbocycles. The number of hydrogen-bond acceptors (Lipinski definition) is 3. The SMILES string of the molecule is C#Cc1cccc(NS(=O)(=O)c2ccc(N)c(F)c2)c1. The number of halogens is 1. The molecule has 0 atom stereocenters. The molecule has 0 unspecified atom stereocenters. The summed E-state index contributed by atoms with van der Waals surface area (Å²) in [5, 5.41) is 0. The number of nitrogens with two attached hydrogens (primary N) is 1. The van der Waals surface area contributed by atoms with Crippen LogP contribution in [-0.2, 0) is 10.0 Å². The van der Waals surface area contributed by atoms with Crippen LogP contribution in [0, 0.1) is 18.2 Å². The zero-order valence-electron chi connectivity index (χ0n) is 10.3. The molecular weight excluding hydrogens is 279 g/mol. The summed E-state index contributed by atoms with van der Waals surface area (Å²) < 4.78 is 39.8. The Labute approximate surface area is 116 Å².